The van der Waals surface area contributed by atoms with E-state index in [0.29, 0.717) is 5.92 Å². The fourth-order valence-electron chi connectivity index (χ4n) is 5.15. The molecule has 0 heterocycles. The third-order valence-electron chi connectivity index (χ3n) is 7.00. The van der Waals surface area contributed by atoms with Crippen molar-refractivity contribution in [1.29, 1.82) is 0 Å². The second-order valence-corrected chi connectivity index (χ2v) is 8.97. The van der Waals surface area contributed by atoms with Crippen molar-refractivity contribution in [3.05, 3.63) is 47.5 Å². The predicted molar refractivity (Wildman–Crippen MR) is 110 cm³/mol. The summed E-state index contributed by atoms with van der Waals surface area (Å²) in [5.41, 5.74) is 0.988. The highest BCUT2D eigenvalue weighted by Crippen LogP contribution is 2.40. The van der Waals surface area contributed by atoms with Gasteiger partial charge in [-0.15, -0.1) is 0 Å². The normalized spacial score (nSPS) is 29.3. The lowest BCUT2D eigenvalue weighted by Gasteiger charge is -2.31. The lowest BCUT2D eigenvalue weighted by atomic mass is 9.74. The van der Waals surface area contributed by atoms with Gasteiger partial charge in [0, 0.05) is 0 Å². The Hall–Kier alpha value is -1.18. The SMILES string of the molecule is CCC/C=C/[C@H]1CC[C@H](CCC2CCC(c3ccc(F)c(F)c3)CC2)CC1. The van der Waals surface area contributed by atoms with Crippen LogP contribution in [0.4, 0.5) is 8.78 Å². The van der Waals surface area contributed by atoms with Gasteiger partial charge in [-0.25, -0.2) is 8.78 Å². The Kier molecular flexibility index (Phi) is 7.91. The molecule has 1 aromatic rings. The highest BCUT2D eigenvalue weighted by Gasteiger charge is 2.25. The molecule has 0 aliphatic heterocycles. The number of halogens is 2. The van der Waals surface area contributed by atoms with Crippen molar-refractivity contribution in [2.45, 2.75) is 89.9 Å². The second-order valence-electron chi connectivity index (χ2n) is 8.97. The molecule has 2 aliphatic carbocycles. The predicted octanol–water partition coefficient (Wildman–Crippen LogP) is 8.18. The third-order valence-corrected chi connectivity index (χ3v) is 7.00. The van der Waals surface area contributed by atoms with Crippen LogP contribution < -0.4 is 0 Å². The van der Waals surface area contributed by atoms with Crippen LogP contribution in [0, 0.1) is 29.4 Å². The minimum Gasteiger partial charge on any atom is -0.204 e. The standard InChI is InChI=1S/C25H36F2/c1-2-3-4-5-19-6-8-20(9-7-19)10-11-21-12-14-22(15-13-21)23-16-17-24(26)25(27)18-23/h4-5,16-22H,2-3,6-15H2,1H3/b5-4+/t19-,20-,21?,22?. The van der Waals surface area contributed by atoms with Gasteiger partial charge in [-0.3, -0.25) is 0 Å². The van der Waals surface area contributed by atoms with Gasteiger partial charge in [0.1, 0.15) is 0 Å². The lowest BCUT2D eigenvalue weighted by molar-refractivity contribution is 0.246. The van der Waals surface area contributed by atoms with Gasteiger partial charge in [0.05, 0.1) is 0 Å². The first-order valence-corrected chi connectivity index (χ1v) is 11.3. The van der Waals surface area contributed by atoms with Gasteiger partial charge in [0.15, 0.2) is 11.6 Å². The molecular weight excluding hydrogens is 338 g/mol. The zero-order valence-electron chi connectivity index (χ0n) is 16.9. The van der Waals surface area contributed by atoms with E-state index in [-0.39, 0.29) is 0 Å². The maximum atomic E-state index is 13.5. The smallest absolute Gasteiger partial charge is 0.159 e. The molecule has 2 saturated carbocycles. The summed E-state index contributed by atoms with van der Waals surface area (Å²) in [4.78, 5) is 0. The Morgan fingerprint density at radius 3 is 2.07 bits per heavy atom. The summed E-state index contributed by atoms with van der Waals surface area (Å²) in [6.07, 6.45) is 20.4. The summed E-state index contributed by atoms with van der Waals surface area (Å²) in [5.74, 6) is 1.59. The molecule has 0 unspecified atom stereocenters. The van der Waals surface area contributed by atoms with Gasteiger partial charge in [0.25, 0.3) is 0 Å². The van der Waals surface area contributed by atoms with Gasteiger partial charge in [-0.1, -0.05) is 44.4 Å². The molecule has 2 aliphatic rings. The molecule has 0 spiro atoms. The number of benzene rings is 1. The van der Waals surface area contributed by atoms with Gasteiger partial charge >= 0.3 is 0 Å². The van der Waals surface area contributed by atoms with E-state index in [4.69, 9.17) is 0 Å². The Morgan fingerprint density at radius 2 is 1.48 bits per heavy atom. The molecule has 2 fully saturated rings. The summed E-state index contributed by atoms with van der Waals surface area (Å²) in [6.45, 7) is 2.24. The number of allylic oxidation sites excluding steroid dienone is 2. The van der Waals surface area contributed by atoms with Gasteiger partial charge in [-0.2, -0.15) is 0 Å². The van der Waals surface area contributed by atoms with Crippen LogP contribution in [-0.4, -0.2) is 0 Å². The van der Waals surface area contributed by atoms with Gasteiger partial charge in [0.2, 0.25) is 0 Å². The van der Waals surface area contributed by atoms with Crippen LogP contribution >= 0.6 is 0 Å². The topological polar surface area (TPSA) is 0 Å². The Morgan fingerprint density at radius 1 is 0.852 bits per heavy atom. The average Bonchev–Trinajstić information content (AvgIpc) is 2.70. The van der Waals surface area contributed by atoms with E-state index in [9.17, 15) is 8.78 Å². The average molecular weight is 375 g/mol. The largest absolute Gasteiger partial charge is 0.204 e. The fourth-order valence-corrected chi connectivity index (χ4v) is 5.15. The molecule has 0 amide bonds. The molecule has 0 nitrogen and oxygen atoms in total. The number of unbranched alkanes of at least 4 members (excludes halogenated alkanes) is 1. The third kappa shape index (κ3) is 6.16. The molecule has 3 rings (SSSR count). The molecule has 2 heteroatoms. The van der Waals surface area contributed by atoms with Crippen LogP contribution in [0.1, 0.15) is 95.5 Å². The molecule has 0 N–H and O–H groups in total. The van der Waals surface area contributed by atoms with Crippen LogP contribution in [0.3, 0.4) is 0 Å². The van der Waals surface area contributed by atoms with E-state index in [1.54, 1.807) is 6.07 Å². The maximum Gasteiger partial charge on any atom is 0.159 e. The lowest BCUT2D eigenvalue weighted by Crippen LogP contribution is -2.17. The van der Waals surface area contributed by atoms with Crippen molar-refractivity contribution in [3.8, 4) is 0 Å². The Labute approximate surface area is 164 Å². The molecule has 0 radical (unpaired) electrons. The van der Waals surface area contributed by atoms with Crippen molar-refractivity contribution >= 4 is 0 Å². The molecule has 0 aromatic heterocycles. The summed E-state index contributed by atoms with van der Waals surface area (Å²) >= 11 is 0. The van der Waals surface area contributed by atoms with Crippen LogP contribution in [0.15, 0.2) is 30.4 Å². The van der Waals surface area contributed by atoms with Crippen LogP contribution in [0.5, 0.6) is 0 Å². The summed E-state index contributed by atoms with van der Waals surface area (Å²) in [5, 5.41) is 0. The number of rotatable bonds is 7. The van der Waals surface area contributed by atoms with E-state index in [1.807, 2.05) is 0 Å². The van der Waals surface area contributed by atoms with E-state index in [1.165, 1.54) is 76.3 Å². The van der Waals surface area contributed by atoms with E-state index in [2.05, 4.69) is 19.1 Å². The van der Waals surface area contributed by atoms with Crippen molar-refractivity contribution in [2.75, 3.05) is 0 Å². The first kappa shape index (κ1) is 20.6. The molecule has 0 saturated heterocycles. The quantitative estimate of drug-likeness (QED) is 0.422. The van der Waals surface area contributed by atoms with Gasteiger partial charge < -0.3 is 0 Å². The molecule has 150 valence electrons. The number of hydrogen-bond acceptors (Lipinski definition) is 0. The van der Waals surface area contributed by atoms with E-state index < -0.39 is 11.6 Å². The van der Waals surface area contributed by atoms with Crippen molar-refractivity contribution in [3.63, 3.8) is 0 Å². The minimum atomic E-state index is -0.733. The highest BCUT2D eigenvalue weighted by atomic mass is 19.2. The molecule has 0 bridgehead atoms. The molecule has 0 atom stereocenters. The summed E-state index contributed by atoms with van der Waals surface area (Å²) < 4.78 is 26.6. The zero-order valence-corrected chi connectivity index (χ0v) is 16.9. The van der Waals surface area contributed by atoms with Crippen molar-refractivity contribution in [2.24, 2.45) is 17.8 Å². The minimum absolute atomic E-state index is 0.418. The van der Waals surface area contributed by atoms with Crippen molar-refractivity contribution in [1.82, 2.24) is 0 Å². The summed E-state index contributed by atoms with van der Waals surface area (Å²) in [6, 6.07) is 4.47. The monoisotopic (exact) mass is 374 g/mol. The van der Waals surface area contributed by atoms with Crippen LogP contribution in [-0.2, 0) is 0 Å². The highest BCUT2D eigenvalue weighted by molar-refractivity contribution is 5.22. The number of hydrogen-bond donors (Lipinski definition) is 0. The molecular formula is C25H36F2. The van der Waals surface area contributed by atoms with Gasteiger partial charge in [-0.05, 0) is 99.2 Å². The van der Waals surface area contributed by atoms with E-state index >= 15 is 0 Å². The first-order chi connectivity index (χ1) is 13.2. The van der Waals surface area contributed by atoms with Crippen LogP contribution in [0.2, 0.25) is 0 Å². The Balaban J connectivity index is 1.35. The fraction of sp³-hybridized carbons (Fsp3) is 0.680. The summed E-state index contributed by atoms with van der Waals surface area (Å²) in [7, 11) is 0. The Bertz CT molecular complexity index is 590. The molecule has 1 aromatic carbocycles. The first-order valence-electron chi connectivity index (χ1n) is 11.3. The van der Waals surface area contributed by atoms with Crippen LogP contribution in [0.25, 0.3) is 0 Å². The second kappa shape index (κ2) is 10.4. The van der Waals surface area contributed by atoms with E-state index in [0.717, 1.165) is 36.2 Å². The van der Waals surface area contributed by atoms with Crippen molar-refractivity contribution < 1.29 is 8.78 Å². The molecule has 27 heavy (non-hydrogen) atoms. The zero-order chi connectivity index (χ0) is 19.1. The maximum absolute atomic E-state index is 13.5.